The van der Waals surface area contributed by atoms with Gasteiger partial charge in [0.05, 0.1) is 0 Å². The fraction of sp³-hybridized carbons (Fsp3) is 0.923. The van der Waals surface area contributed by atoms with E-state index < -0.39 is 0 Å². The van der Waals surface area contributed by atoms with E-state index in [1.54, 1.807) is 0 Å². The van der Waals surface area contributed by atoms with Gasteiger partial charge < -0.3 is 10.6 Å². The number of carbonyl (C=O) groups excluding carboxylic acids is 1. The molecule has 1 saturated carbocycles. The van der Waals surface area contributed by atoms with Crippen LogP contribution >= 0.6 is 12.4 Å². The van der Waals surface area contributed by atoms with Crippen molar-refractivity contribution in [3.05, 3.63) is 0 Å². The van der Waals surface area contributed by atoms with Gasteiger partial charge in [-0.15, -0.1) is 12.4 Å². The van der Waals surface area contributed by atoms with E-state index in [0.717, 1.165) is 31.8 Å². The zero-order chi connectivity index (χ0) is 11.5. The number of nitrogens with zero attached hydrogens (tertiary/aromatic N) is 1. The Morgan fingerprint density at radius 1 is 1.35 bits per heavy atom. The second kappa shape index (κ2) is 6.60. The Morgan fingerprint density at radius 2 is 2.12 bits per heavy atom. The average Bonchev–Trinajstić information content (AvgIpc) is 2.96. The van der Waals surface area contributed by atoms with Crippen LogP contribution in [0, 0.1) is 17.8 Å². The molecule has 0 aromatic carbocycles. The van der Waals surface area contributed by atoms with Crippen molar-refractivity contribution in [3.63, 3.8) is 0 Å². The van der Waals surface area contributed by atoms with E-state index in [9.17, 15) is 4.79 Å². The minimum Gasteiger partial charge on any atom is -0.342 e. The van der Waals surface area contributed by atoms with Crippen molar-refractivity contribution in [2.45, 2.75) is 39.0 Å². The predicted octanol–water partition coefficient (Wildman–Crippen LogP) is 2.04. The summed E-state index contributed by atoms with van der Waals surface area (Å²) in [5.74, 6) is 1.82. The molecule has 17 heavy (non-hydrogen) atoms. The van der Waals surface area contributed by atoms with Gasteiger partial charge in [0.1, 0.15) is 0 Å². The molecular weight excluding hydrogens is 236 g/mol. The Kier molecular flexibility index (Phi) is 5.74. The number of amides is 1. The van der Waals surface area contributed by atoms with Crippen LogP contribution < -0.4 is 5.73 Å². The Morgan fingerprint density at radius 3 is 2.71 bits per heavy atom. The molecule has 0 aromatic rings. The van der Waals surface area contributed by atoms with Crippen LogP contribution in [0.15, 0.2) is 0 Å². The highest BCUT2D eigenvalue weighted by molar-refractivity contribution is 5.85. The minimum absolute atomic E-state index is 0. The van der Waals surface area contributed by atoms with E-state index in [0.29, 0.717) is 18.4 Å². The van der Waals surface area contributed by atoms with Crippen molar-refractivity contribution in [1.29, 1.82) is 0 Å². The Balaban J connectivity index is 0.00000144. The summed E-state index contributed by atoms with van der Waals surface area (Å²) >= 11 is 0. The van der Waals surface area contributed by atoms with E-state index in [2.05, 4.69) is 11.8 Å². The highest BCUT2D eigenvalue weighted by atomic mass is 35.5. The van der Waals surface area contributed by atoms with Crippen LogP contribution in [-0.4, -0.2) is 30.4 Å². The molecule has 1 heterocycles. The molecule has 2 aliphatic rings. The summed E-state index contributed by atoms with van der Waals surface area (Å²) in [5.41, 5.74) is 5.74. The van der Waals surface area contributed by atoms with E-state index in [4.69, 9.17) is 5.73 Å². The zero-order valence-electron chi connectivity index (χ0n) is 10.7. The number of halogens is 1. The van der Waals surface area contributed by atoms with E-state index in [1.165, 1.54) is 19.3 Å². The number of rotatable bonds is 3. The minimum atomic E-state index is 0. The molecule has 1 aliphatic heterocycles. The first kappa shape index (κ1) is 14.8. The summed E-state index contributed by atoms with van der Waals surface area (Å²) in [6.07, 6.45) is 5.80. The zero-order valence-corrected chi connectivity index (χ0v) is 11.5. The topological polar surface area (TPSA) is 46.3 Å². The number of hydrogen-bond donors (Lipinski definition) is 1. The van der Waals surface area contributed by atoms with Crippen molar-refractivity contribution < 1.29 is 4.79 Å². The summed E-state index contributed by atoms with van der Waals surface area (Å²) in [7, 11) is 0. The molecule has 2 rings (SSSR count). The third-order valence-electron chi connectivity index (χ3n) is 4.45. The van der Waals surface area contributed by atoms with Gasteiger partial charge in [0.15, 0.2) is 0 Å². The van der Waals surface area contributed by atoms with Crippen LogP contribution in [0.5, 0.6) is 0 Å². The van der Waals surface area contributed by atoms with Crippen LogP contribution in [0.2, 0.25) is 0 Å². The lowest BCUT2D eigenvalue weighted by atomic mass is 9.95. The lowest BCUT2D eigenvalue weighted by Crippen LogP contribution is -2.37. The summed E-state index contributed by atoms with van der Waals surface area (Å²) in [6, 6.07) is 0. The summed E-state index contributed by atoms with van der Waals surface area (Å²) < 4.78 is 0. The lowest BCUT2D eigenvalue weighted by Gasteiger charge is -2.24. The first-order valence-electron chi connectivity index (χ1n) is 6.75. The highest BCUT2D eigenvalue weighted by Gasteiger charge is 2.36. The van der Waals surface area contributed by atoms with Gasteiger partial charge in [-0.3, -0.25) is 4.79 Å². The third kappa shape index (κ3) is 3.14. The van der Waals surface area contributed by atoms with Gasteiger partial charge >= 0.3 is 0 Å². The summed E-state index contributed by atoms with van der Waals surface area (Å²) in [6.45, 7) is 4.87. The number of carbonyl (C=O) groups is 1. The predicted molar refractivity (Wildman–Crippen MR) is 72.1 cm³/mol. The molecule has 1 saturated heterocycles. The van der Waals surface area contributed by atoms with Crippen LogP contribution in [0.1, 0.15) is 39.0 Å². The molecule has 3 nitrogen and oxygen atoms in total. The number of nitrogens with two attached hydrogens (primary N) is 1. The molecule has 1 aliphatic carbocycles. The monoisotopic (exact) mass is 260 g/mol. The fourth-order valence-corrected chi connectivity index (χ4v) is 3.24. The normalized spacial score (nSPS) is 32.6. The van der Waals surface area contributed by atoms with Gasteiger partial charge in [-0.25, -0.2) is 0 Å². The molecule has 1 amide bonds. The fourth-order valence-electron chi connectivity index (χ4n) is 3.24. The maximum absolute atomic E-state index is 12.3. The molecule has 1 unspecified atom stereocenters. The number of hydrogen-bond acceptors (Lipinski definition) is 2. The van der Waals surface area contributed by atoms with Gasteiger partial charge in [-0.1, -0.05) is 19.8 Å². The summed E-state index contributed by atoms with van der Waals surface area (Å²) in [5, 5.41) is 0. The van der Waals surface area contributed by atoms with Gasteiger partial charge in [0.25, 0.3) is 0 Å². The Labute approximate surface area is 111 Å². The molecule has 0 spiro atoms. The molecule has 2 fully saturated rings. The van der Waals surface area contributed by atoms with Crippen LogP contribution in [-0.2, 0) is 4.79 Å². The largest absolute Gasteiger partial charge is 0.342 e. The first-order chi connectivity index (χ1) is 7.76. The average molecular weight is 261 g/mol. The molecule has 0 bridgehead atoms. The van der Waals surface area contributed by atoms with E-state index >= 15 is 0 Å². The maximum Gasteiger partial charge on any atom is 0.226 e. The van der Waals surface area contributed by atoms with E-state index in [1.807, 2.05) is 0 Å². The van der Waals surface area contributed by atoms with Gasteiger partial charge in [-0.2, -0.15) is 0 Å². The lowest BCUT2D eigenvalue weighted by molar-refractivity contribution is -0.135. The molecule has 3 atom stereocenters. The molecule has 0 aromatic heterocycles. The van der Waals surface area contributed by atoms with Crippen LogP contribution in [0.4, 0.5) is 0 Å². The quantitative estimate of drug-likeness (QED) is 0.844. The van der Waals surface area contributed by atoms with Gasteiger partial charge in [-0.05, 0) is 37.6 Å². The van der Waals surface area contributed by atoms with E-state index in [-0.39, 0.29) is 18.3 Å². The molecule has 2 N–H and O–H groups in total. The Bertz CT molecular complexity index is 260. The smallest absolute Gasteiger partial charge is 0.226 e. The van der Waals surface area contributed by atoms with Crippen molar-refractivity contribution in [3.8, 4) is 0 Å². The van der Waals surface area contributed by atoms with Crippen molar-refractivity contribution >= 4 is 18.3 Å². The molecule has 0 radical (unpaired) electrons. The molecule has 4 heteroatoms. The van der Waals surface area contributed by atoms with Crippen molar-refractivity contribution in [2.75, 3.05) is 19.6 Å². The summed E-state index contributed by atoms with van der Waals surface area (Å²) in [4.78, 5) is 14.4. The van der Waals surface area contributed by atoms with Crippen molar-refractivity contribution in [1.82, 2.24) is 4.90 Å². The standard InChI is InChI=1S/C13H24N2O.ClH/c1-2-10-6-7-15(9-10)13(16)12-5-3-4-11(12)8-14;/h10-12H,2-9,14H2,1H3;1H/t10?,11-,12-;/m1./s1. The van der Waals surface area contributed by atoms with Crippen LogP contribution in [0.25, 0.3) is 0 Å². The third-order valence-corrected chi connectivity index (χ3v) is 4.45. The second-order valence-electron chi connectivity index (χ2n) is 5.38. The van der Waals surface area contributed by atoms with Gasteiger partial charge in [0.2, 0.25) is 5.91 Å². The van der Waals surface area contributed by atoms with Gasteiger partial charge in [0, 0.05) is 19.0 Å². The molecule has 100 valence electrons. The SMILES string of the molecule is CCC1CCN(C(=O)[C@@H]2CCC[C@@H]2CN)C1.Cl. The maximum atomic E-state index is 12.3. The second-order valence-corrected chi connectivity index (χ2v) is 5.38. The Hall–Kier alpha value is -0.280. The van der Waals surface area contributed by atoms with Crippen LogP contribution in [0.3, 0.4) is 0 Å². The van der Waals surface area contributed by atoms with Crippen molar-refractivity contribution in [2.24, 2.45) is 23.5 Å². The molecular formula is C13H25ClN2O. The number of likely N-dealkylation sites (tertiary alicyclic amines) is 1. The first-order valence-corrected chi connectivity index (χ1v) is 6.75. The highest BCUT2D eigenvalue weighted by Crippen LogP contribution is 2.33.